The maximum Gasteiger partial charge on any atom is 0.362 e. The van der Waals surface area contributed by atoms with Crippen LogP contribution in [-0.4, -0.2) is 16.6 Å². The van der Waals surface area contributed by atoms with Crippen LogP contribution in [0.15, 0.2) is 24.4 Å². The predicted molar refractivity (Wildman–Crippen MR) is 92.9 cm³/mol. The number of pyridine rings is 1. The number of carbonyl (C=O) groups is 1. The lowest BCUT2D eigenvalue weighted by molar-refractivity contribution is 0.0716. The van der Waals surface area contributed by atoms with E-state index in [0.717, 1.165) is 40.8 Å². The minimum absolute atomic E-state index is 0.164. The minimum atomic E-state index is -0.432. The van der Waals surface area contributed by atoms with Crippen LogP contribution in [0.1, 0.15) is 53.0 Å². The summed E-state index contributed by atoms with van der Waals surface area (Å²) in [5.41, 5.74) is 4.24. The molecular weight excluding hydrogens is 302 g/mol. The molecule has 0 saturated carbocycles. The van der Waals surface area contributed by atoms with Crippen LogP contribution in [0.3, 0.4) is 0 Å². The summed E-state index contributed by atoms with van der Waals surface area (Å²) in [4.78, 5) is 16.4. The quantitative estimate of drug-likeness (QED) is 0.609. The van der Waals surface area contributed by atoms with Gasteiger partial charge in [-0.25, -0.2) is 9.78 Å². The van der Waals surface area contributed by atoms with E-state index in [1.165, 1.54) is 0 Å². The summed E-state index contributed by atoms with van der Waals surface area (Å²) in [5.74, 6) is 1.14. The first-order valence-corrected chi connectivity index (χ1v) is 8.25. The number of esters is 1. The van der Waals surface area contributed by atoms with Gasteiger partial charge in [-0.1, -0.05) is 6.07 Å². The number of aromatic nitrogens is 1. The number of benzene rings is 1. The topological polar surface area (TPSA) is 48.4 Å². The van der Waals surface area contributed by atoms with Crippen LogP contribution in [0.4, 0.5) is 0 Å². The Bertz CT molecular complexity index is 795. The molecule has 1 aromatic heterocycles. The van der Waals surface area contributed by atoms with E-state index in [1.807, 2.05) is 20.8 Å². The van der Waals surface area contributed by atoms with Crippen LogP contribution in [-0.2, 0) is 6.42 Å². The second-order valence-corrected chi connectivity index (χ2v) is 6.98. The minimum Gasteiger partial charge on any atom is -0.487 e. The normalized spacial score (nSPS) is 15.4. The zero-order chi connectivity index (χ0) is 17.5. The highest BCUT2D eigenvalue weighted by molar-refractivity contribution is 5.89. The van der Waals surface area contributed by atoms with Crippen molar-refractivity contribution in [2.45, 2.75) is 53.1 Å². The first-order valence-electron chi connectivity index (χ1n) is 8.25. The molecule has 0 N–H and O–H groups in total. The van der Waals surface area contributed by atoms with Crippen molar-refractivity contribution in [3.05, 3.63) is 52.3 Å². The molecule has 4 nitrogen and oxygen atoms in total. The summed E-state index contributed by atoms with van der Waals surface area (Å²) in [6.45, 7) is 10.2. The first-order chi connectivity index (χ1) is 11.3. The van der Waals surface area contributed by atoms with Crippen molar-refractivity contribution in [2.75, 3.05) is 0 Å². The Morgan fingerprint density at radius 2 is 1.92 bits per heavy atom. The van der Waals surface area contributed by atoms with Gasteiger partial charge in [0.05, 0.1) is 0 Å². The standard InChI is InChI=1S/C20H23NO3/c1-12-13(2)18-15(9-10-20(4,5)24-18)14(3)17(12)23-19(22)16-8-6-7-11-21-16/h6-8,11H,9-10H2,1-5H3. The summed E-state index contributed by atoms with van der Waals surface area (Å²) in [6, 6.07) is 5.21. The molecule has 0 amide bonds. The van der Waals surface area contributed by atoms with Crippen molar-refractivity contribution >= 4 is 5.97 Å². The van der Waals surface area contributed by atoms with Crippen LogP contribution in [0, 0.1) is 20.8 Å². The van der Waals surface area contributed by atoms with E-state index in [4.69, 9.17) is 9.47 Å². The second kappa shape index (κ2) is 5.93. The van der Waals surface area contributed by atoms with Crippen LogP contribution < -0.4 is 9.47 Å². The lowest BCUT2D eigenvalue weighted by Gasteiger charge is -2.35. The average molecular weight is 325 g/mol. The van der Waals surface area contributed by atoms with Gasteiger partial charge in [0.15, 0.2) is 0 Å². The highest BCUT2D eigenvalue weighted by Crippen LogP contribution is 2.43. The molecule has 0 bridgehead atoms. The third-order valence-corrected chi connectivity index (χ3v) is 4.74. The Morgan fingerprint density at radius 1 is 1.17 bits per heavy atom. The zero-order valence-corrected chi connectivity index (χ0v) is 14.9. The molecule has 1 aliphatic rings. The van der Waals surface area contributed by atoms with Crippen LogP contribution in [0.2, 0.25) is 0 Å². The summed E-state index contributed by atoms with van der Waals surface area (Å²) in [5, 5.41) is 0. The third-order valence-electron chi connectivity index (χ3n) is 4.74. The van der Waals surface area contributed by atoms with E-state index in [9.17, 15) is 4.79 Å². The molecule has 0 fully saturated rings. The molecule has 0 radical (unpaired) electrons. The highest BCUT2D eigenvalue weighted by atomic mass is 16.5. The van der Waals surface area contributed by atoms with Gasteiger partial charge in [0.2, 0.25) is 0 Å². The van der Waals surface area contributed by atoms with E-state index in [2.05, 4.69) is 18.8 Å². The lowest BCUT2D eigenvalue weighted by Crippen LogP contribution is -2.33. The van der Waals surface area contributed by atoms with E-state index in [-0.39, 0.29) is 5.60 Å². The van der Waals surface area contributed by atoms with Crippen molar-refractivity contribution in [3.8, 4) is 11.5 Å². The second-order valence-electron chi connectivity index (χ2n) is 6.98. The van der Waals surface area contributed by atoms with Crippen molar-refractivity contribution in [1.29, 1.82) is 0 Å². The molecule has 0 unspecified atom stereocenters. The average Bonchev–Trinajstić information content (AvgIpc) is 2.56. The van der Waals surface area contributed by atoms with Gasteiger partial charge in [0.1, 0.15) is 22.8 Å². The van der Waals surface area contributed by atoms with Crippen molar-refractivity contribution in [3.63, 3.8) is 0 Å². The molecule has 126 valence electrons. The van der Waals surface area contributed by atoms with Gasteiger partial charge in [-0.2, -0.15) is 0 Å². The van der Waals surface area contributed by atoms with Crippen molar-refractivity contribution in [1.82, 2.24) is 4.98 Å². The van der Waals surface area contributed by atoms with Gasteiger partial charge in [-0.05, 0) is 76.3 Å². The maximum atomic E-state index is 12.4. The summed E-state index contributed by atoms with van der Waals surface area (Å²) in [6.07, 6.45) is 3.45. The third kappa shape index (κ3) is 2.88. The fourth-order valence-corrected chi connectivity index (χ4v) is 3.13. The molecule has 1 aliphatic heterocycles. The summed E-state index contributed by atoms with van der Waals surface area (Å²) in [7, 11) is 0. The molecule has 0 saturated heterocycles. The van der Waals surface area contributed by atoms with Crippen molar-refractivity contribution < 1.29 is 14.3 Å². The Labute approximate surface area is 142 Å². The van der Waals surface area contributed by atoms with Gasteiger partial charge >= 0.3 is 5.97 Å². The number of hydrogen-bond donors (Lipinski definition) is 0. The lowest BCUT2D eigenvalue weighted by atomic mass is 9.88. The number of rotatable bonds is 2. The smallest absolute Gasteiger partial charge is 0.362 e. The Balaban J connectivity index is 2.01. The Morgan fingerprint density at radius 3 is 2.58 bits per heavy atom. The predicted octanol–water partition coefficient (Wildman–Crippen LogP) is 4.33. The highest BCUT2D eigenvalue weighted by Gasteiger charge is 2.31. The largest absolute Gasteiger partial charge is 0.487 e. The molecule has 0 atom stereocenters. The van der Waals surface area contributed by atoms with Crippen LogP contribution in [0.25, 0.3) is 0 Å². The molecule has 2 aromatic rings. The fourth-order valence-electron chi connectivity index (χ4n) is 3.13. The van der Waals surface area contributed by atoms with E-state index >= 15 is 0 Å². The van der Waals surface area contributed by atoms with Crippen LogP contribution in [0.5, 0.6) is 11.5 Å². The summed E-state index contributed by atoms with van der Waals surface area (Å²) >= 11 is 0. The number of carbonyl (C=O) groups excluding carboxylic acids is 1. The first kappa shape index (κ1) is 16.5. The fraction of sp³-hybridized carbons (Fsp3) is 0.400. The van der Waals surface area contributed by atoms with Crippen LogP contribution >= 0.6 is 0 Å². The molecule has 2 heterocycles. The zero-order valence-electron chi connectivity index (χ0n) is 14.9. The number of ether oxygens (including phenoxy) is 2. The van der Waals surface area contributed by atoms with E-state index in [0.29, 0.717) is 11.4 Å². The number of nitrogens with zero attached hydrogens (tertiary/aromatic N) is 1. The SMILES string of the molecule is Cc1c(C)c2c(c(C)c1OC(=O)c1ccccn1)CCC(C)(C)O2. The monoisotopic (exact) mass is 325 g/mol. The van der Waals surface area contributed by atoms with Gasteiger partial charge in [-0.3, -0.25) is 0 Å². The van der Waals surface area contributed by atoms with Gasteiger partial charge in [0, 0.05) is 11.8 Å². The molecule has 1 aromatic carbocycles. The summed E-state index contributed by atoms with van der Waals surface area (Å²) < 4.78 is 11.9. The Hall–Kier alpha value is -2.36. The maximum absolute atomic E-state index is 12.4. The van der Waals surface area contributed by atoms with Gasteiger partial charge in [0.25, 0.3) is 0 Å². The molecular formula is C20H23NO3. The van der Waals surface area contributed by atoms with Gasteiger partial charge < -0.3 is 9.47 Å². The molecule has 0 aliphatic carbocycles. The van der Waals surface area contributed by atoms with E-state index < -0.39 is 5.97 Å². The number of hydrogen-bond acceptors (Lipinski definition) is 4. The molecule has 0 spiro atoms. The van der Waals surface area contributed by atoms with Crippen molar-refractivity contribution in [2.24, 2.45) is 0 Å². The number of fused-ring (bicyclic) bond motifs is 1. The van der Waals surface area contributed by atoms with Gasteiger partial charge in [-0.15, -0.1) is 0 Å². The Kier molecular flexibility index (Phi) is 4.08. The molecule has 4 heteroatoms. The molecule has 24 heavy (non-hydrogen) atoms. The van der Waals surface area contributed by atoms with E-state index in [1.54, 1.807) is 24.4 Å². The molecule has 3 rings (SSSR count).